The first kappa shape index (κ1) is 23.6. The Morgan fingerprint density at radius 2 is 1.57 bits per heavy atom. The predicted molar refractivity (Wildman–Crippen MR) is 142 cm³/mol. The Kier molecular flexibility index (Phi) is 6.11. The van der Waals surface area contributed by atoms with Gasteiger partial charge in [0.1, 0.15) is 17.2 Å². The van der Waals surface area contributed by atoms with Gasteiger partial charge in [0, 0.05) is 17.3 Å². The van der Waals surface area contributed by atoms with E-state index in [2.05, 4.69) is 22.8 Å². The summed E-state index contributed by atoms with van der Waals surface area (Å²) in [7, 11) is 1.57. The topological polar surface area (TPSA) is 80.6 Å². The van der Waals surface area contributed by atoms with E-state index in [1.807, 2.05) is 12.1 Å². The molecule has 6 nitrogen and oxygen atoms in total. The van der Waals surface area contributed by atoms with Gasteiger partial charge >= 0.3 is 0 Å². The second kappa shape index (κ2) is 9.58. The molecule has 0 atom stereocenters. The molecule has 2 aromatic carbocycles. The summed E-state index contributed by atoms with van der Waals surface area (Å²) in [4.78, 5) is 26.1. The van der Waals surface area contributed by atoms with Crippen molar-refractivity contribution in [2.45, 2.75) is 43.9 Å². The van der Waals surface area contributed by atoms with E-state index in [1.165, 1.54) is 56.4 Å². The van der Waals surface area contributed by atoms with Crippen LogP contribution >= 0.6 is 0 Å². The lowest BCUT2D eigenvalue weighted by atomic mass is 9.48. The summed E-state index contributed by atoms with van der Waals surface area (Å²) in [6.07, 6.45) is 11.2. The van der Waals surface area contributed by atoms with E-state index < -0.39 is 11.8 Å². The zero-order valence-corrected chi connectivity index (χ0v) is 21.0. The molecule has 4 fully saturated rings. The second-order valence-corrected chi connectivity index (χ2v) is 11.0. The lowest BCUT2D eigenvalue weighted by molar-refractivity contribution is -0.113. The maximum atomic E-state index is 13.3. The Morgan fingerprint density at radius 3 is 2.14 bits per heavy atom. The highest BCUT2D eigenvalue weighted by atomic mass is 16.5. The minimum atomic E-state index is -0.416. The van der Waals surface area contributed by atoms with Crippen LogP contribution in [0.15, 0.2) is 77.0 Å². The number of carbonyl (C=O) groups excluding carboxylic acids is 2. The molecule has 4 aliphatic rings. The van der Waals surface area contributed by atoms with E-state index in [-0.39, 0.29) is 5.70 Å². The van der Waals surface area contributed by atoms with Crippen molar-refractivity contribution in [2.75, 3.05) is 12.4 Å². The van der Waals surface area contributed by atoms with Crippen LogP contribution in [0.1, 0.15) is 60.2 Å². The largest absolute Gasteiger partial charge is 0.497 e. The van der Waals surface area contributed by atoms with E-state index in [4.69, 9.17) is 9.15 Å². The Hall–Kier alpha value is -3.80. The average molecular weight is 497 g/mol. The van der Waals surface area contributed by atoms with Gasteiger partial charge < -0.3 is 19.8 Å². The number of hydrogen-bond donors (Lipinski definition) is 2. The number of anilines is 1. The van der Waals surface area contributed by atoms with Crippen molar-refractivity contribution in [1.29, 1.82) is 0 Å². The highest BCUT2D eigenvalue weighted by molar-refractivity contribution is 6.10. The number of amides is 2. The Labute approximate surface area is 217 Å². The van der Waals surface area contributed by atoms with Crippen molar-refractivity contribution in [3.05, 3.63) is 89.5 Å². The van der Waals surface area contributed by atoms with Gasteiger partial charge in [-0.2, -0.15) is 0 Å². The molecule has 2 amide bonds. The van der Waals surface area contributed by atoms with Crippen molar-refractivity contribution in [3.8, 4) is 5.75 Å². The third-order valence-corrected chi connectivity index (χ3v) is 8.47. The van der Waals surface area contributed by atoms with Crippen LogP contribution in [0.3, 0.4) is 0 Å². The number of benzene rings is 2. The molecule has 0 spiro atoms. The van der Waals surface area contributed by atoms with E-state index in [0.717, 1.165) is 17.8 Å². The molecule has 1 heterocycles. The van der Waals surface area contributed by atoms with Gasteiger partial charge in [-0.15, -0.1) is 0 Å². The summed E-state index contributed by atoms with van der Waals surface area (Å²) in [5.74, 6) is 2.96. The first-order valence-corrected chi connectivity index (χ1v) is 13.1. The zero-order valence-electron chi connectivity index (χ0n) is 21.0. The molecule has 37 heavy (non-hydrogen) atoms. The first-order chi connectivity index (χ1) is 18.0. The van der Waals surface area contributed by atoms with Crippen LogP contribution in [-0.2, 0) is 10.2 Å². The van der Waals surface area contributed by atoms with Crippen molar-refractivity contribution < 1.29 is 18.7 Å². The van der Waals surface area contributed by atoms with Crippen LogP contribution in [0, 0.1) is 17.8 Å². The molecule has 0 unspecified atom stereocenters. The van der Waals surface area contributed by atoms with Gasteiger partial charge in [-0.3, -0.25) is 9.59 Å². The molecule has 6 heteroatoms. The normalized spacial score (nSPS) is 26.1. The molecule has 0 radical (unpaired) electrons. The van der Waals surface area contributed by atoms with Crippen molar-refractivity contribution in [2.24, 2.45) is 17.8 Å². The number of ether oxygens (including phenoxy) is 1. The molecule has 190 valence electrons. The first-order valence-electron chi connectivity index (χ1n) is 13.1. The second-order valence-electron chi connectivity index (χ2n) is 11.0. The van der Waals surface area contributed by atoms with Gasteiger partial charge in [-0.25, -0.2) is 0 Å². The van der Waals surface area contributed by atoms with E-state index in [9.17, 15) is 9.59 Å². The standard InChI is InChI=1S/C31H32N2O4/c1-36-26-10-4-23(5-11-26)29(34)33-28(16-27-3-2-12-37-27)30(35)32-25-8-6-24(7-9-25)31-17-20-13-21(18-31)15-22(14-20)19-31/h2-12,16,20-22H,13-15,17-19H2,1H3,(H,32,35)(H,33,34)/b28-16-. The molecule has 0 saturated heterocycles. The smallest absolute Gasteiger partial charge is 0.272 e. The summed E-state index contributed by atoms with van der Waals surface area (Å²) in [6.45, 7) is 0. The van der Waals surface area contributed by atoms with Crippen molar-refractivity contribution in [3.63, 3.8) is 0 Å². The summed E-state index contributed by atoms with van der Waals surface area (Å²) in [5, 5.41) is 5.69. The van der Waals surface area contributed by atoms with Crippen molar-refractivity contribution in [1.82, 2.24) is 5.32 Å². The number of hydrogen-bond acceptors (Lipinski definition) is 4. The molecule has 2 N–H and O–H groups in total. The maximum absolute atomic E-state index is 13.3. The van der Waals surface area contributed by atoms with Crippen LogP contribution in [-0.4, -0.2) is 18.9 Å². The van der Waals surface area contributed by atoms with Gasteiger partial charge in [0.25, 0.3) is 11.8 Å². The maximum Gasteiger partial charge on any atom is 0.272 e. The molecule has 1 aromatic heterocycles. The van der Waals surface area contributed by atoms with Gasteiger partial charge in [-0.1, -0.05) is 12.1 Å². The van der Waals surface area contributed by atoms with Gasteiger partial charge in [0.2, 0.25) is 0 Å². The summed E-state index contributed by atoms with van der Waals surface area (Å²) in [5.41, 5.74) is 2.93. The molecular formula is C31H32N2O4. The number of furan rings is 1. The molecular weight excluding hydrogens is 464 g/mol. The molecule has 4 saturated carbocycles. The highest BCUT2D eigenvalue weighted by Crippen LogP contribution is 2.60. The average Bonchev–Trinajstić information content (AvgIpc) is 3.41. The van der Waals surface area contributed by atoms with Gasteiger partial charge in [0.15, 0.2) is 0 Å². The van der Waals surface area contributed by atoms with Gasteiger partial charge in [-0.05, 0) is 116 Å². The number of rotatable bonds is 7. The summed E-state index contributed by atoms with van der Waals surface area (Å²) in [6, 6.07) is 18.5. The van der Waals surface area contributed by atoms with Crippen LogP contribution in [0.25, 0.3) is 6.08 Å². The molecule has 4 bridgehead atoms. The van der Waals surface area contributed by atoms with Gasteiger partial charge in [0.05, 0.1) is 13.4 Å². The fourth-order valence-electron chi connectivity index (χ4n) is 7.18. The quantitative estimate of drug-likeness (QED) is 0.384. The Balaban J connectivity index is 1.18. The van der Waals surface area contributed by atoms with Crippen LogP contribution in [0.5, 0.6) is 5.75 Å². The Bertz CT molecular complexity index is 1270. The van der Waals surface area contributed by atoms with E-state index in [1.54, 1.807) is 43.5 Å². The number of carbonyl (C=O) groups is 2. The SMILES string of the molecule is COc1ccc(C(=O)N/C(=C\c2ccco2)C(=O)Nc2ccc(C34CC5CC(CC(C5)C3)C4)cc2)cc1. The lowest BCUT2D eigenvalue weighted by Gasteiger charge is -2.57. The number of nitrogens with one attached hydrogen (secondary N) is 2. The zero-order chi connectivity index (χ0) is 25.4. The number of methoxy groups -OCH3 is 1. The van der Waals surface area contributed by atoms with Crippen LogP contribution in [0.4, 0.5) is 5.69 Å². The molecule has 4 aliphatic carbocycles. The monoisotopic (exact) mass is 496 g/mol. The summed E-state index contributed by atoms with van der Waals surface area (Å²) >= 11 is 0. The van der Waals surface area contributed by atoms with E-state index >= 15 is 0 Å². The highest BCUT2D eigenvalue weighted by Gasteiger charge is 2.51. The predicted octanol–water partition coefficient (Wildman–Crippen LogP) is 6.17. The minimum Gasteiger partial charge on any atom is -0.497 e. The third-order valence-electron chi connectivity index (χ3n) is 8.47. The summed E-state index contributed by atoms with van der Waals surface area (Å²) < 4.78 is 10.6. The molecule has 7 rings (SSSR count). The van der Waals surface area contributed by atoms with E-state index in [0.29, 0.717) is 28.2 Å². The fourth-order valence-corrected chi connectivity index (χ4v) is 7.18. The molecule has 0 aliphatic heterocycles. The van der Waals surface area contributed by atoms with Crippen LogP contribution in [0.2, 0.25) is 0 Å². The van der Waals surface area contributed by atoms with Crippen molar-refractivity contribution >= 4 is 23.6 Å². The Morgan fingerprint density at radius 1 is 0.919 bits per heavy atom. The fraction of sp³-hybridized carbons (Fsp3) is 0.355. The lowest BCUT2D eigenvalue weighted by Crippen LogP contribution is -2.48. The third kappa shape index (κ3) is 4.80. The minimum absolute atomic E-state index is 0.0981. The molecule has 3 aromatic rings. The van der Waals surface area contributed by atoms with Crippen LogP contribution < -0.4 is 15.4 Å².